The summed E-state index contributed by atoms with van der Waals surface area (Å²) < 4.78 is 62.2. The zero-order valence-electron chi connectivity index (χ0n) is 18.2. The molecule has 5 aromatic rings. The fraction of sp³-hybridized carbons (Fsp3) is 0.0833. The summed E-state index contributed by atoms with van der Waals surface area (Å²) in [7, 11) is 0. The third-order valence-electron chi connectivity index (χ3n) is 4.96. The topological polar surface area (TPSA) is 86.0 Å². The van der Waals surface area contributed by atoms with Crippen molar-refractivity contribution >= 4 is 34.8 Å². The maximum absolute atomic E-state index is 13.3. The Morgan fingerprint density at radius 3 is 2.44 bits per heavy atom. The van der Waals surface area contributed by atoms with Crippen molar-refractivity contribution in [1.82, 2.24) is 20.2 Å². The lowest BCUT2D eigenvalue weighted by atomic mass is 10.1. The maximum Gasteiger partial charge on any atom is 0.470 e. The molecule has 5 rings (SSSR count). The molecule has 0 bridgehead atoms. The highest BCUT2D eigenvalue weighted by molar-refractivity contribution is 5.93. The molecule has 0 saturated carbocycles. The third kappa shape index (κ3) is 5.52. The summed E-state index contributed by atoms with van der Waals surface area (Å²) in [5.74, 6) is -0.998. The minimum Gasteiger partial charge on any atom is -0.489 e. The van der Waals surface area contributed by atoms with Gasteiger partial charge in [0.1, 0.15) is 30.3 Å². The number of ether oxygens (including phenoxy) is 1. The van der Waals surface area contributed by atoms with E-state index in [4.69, 9.17) is 9.15 Å². The van der Waals surface area contributed by atoms with Gasteiger partial charge in [-0.05, 0) is 60.2 Å². The molecule has 3 aromatic carbocycles. The second-order valence-electron chi connectivity index (χ2n) is 7.43. The summed E-state index contributed by atoms with van der Waals surface area (Å²) in [5.41, 5.74) is 2.25. The molecule has 7 nitrogen and oxygen atoms in total. The highest BCUT2D eigenvalue weighted by atomic mass is 35.5. The summed E-state index contributed by atoms with van der Waals surface area (Å²) in [6, 6.07) is 17.9. The first-order valence-corrected chi connectivity index (χ1v) is 10.3. The van der Waals surface area contributed by atoms with Crippen LogP contribution in [0.5, 0.6) is 5.75 Å². The lowest BCUT2D eigenvalue weighted by Gasteiger charge is -2.10. The number of hydrogen-bond acceptors (Lipinski definition) is 7. The molecular weight excluding hydrogens is 502 g/mol. The molecule has 0 amide bonds. The average Bonchev–Trinajstić information content (AvgIpc) is 3.35. The smallest absolute Gasteiger partial charge is 0.470 e. The van der Waals surface area contributed by atoms with Crippen molar-refractivity contribution < 1.29 is 26.7 Å². The van der Waals surface area contributed by atoms with Gasteiger partial charge in [-0.3, -0.25) is 0 Å². The molecule has 184 valence electrons. The van der Waals surface area contributed by atoms with Crippen LogP contribution in [0.1, 0.15) is 11.5 Å². The third-order valence-corrected chi connectivity index (χ3v) is 4.96. The minimum atomic E-state index is -4.73. The first-order chi connectivity index (χ1) is 16.8. The highest BCUT2D eigenvalue weighted by Gasteiger charge is 2.38. The van der Waals surface area contributed by atoms with Crippen molar-refractivity contribution in [2.24, 2.45) is 0 Å². The summed E-state index contributed by atoms with van der Waals surface area (Å²) >= 11 is 0. The molecule has 36 heavy (non-hydrogen) atoms. The Bertz CT molecular complexity index is 1490. The number of halogens is 5. The average molecular weight is 518 g/mol. The molecule has 0 spiro atoms. The molecule has 2 heterocycles. The molecule has 0 saturated heterocycles. The number of fused-ring (bicyclic) bond motifs is 1. The largest absolute Gasteiger partial charge is 0.489 e. The molecule has 0 radical (unpaired) electrons. The van der Waals surface area contributed by atoms with Crippen LogP contribution in [0.25, 0.3) is 22.4 Å². The predicted octanol–water partition coefficient (Wildman–Crippen LogP) is 6.58. The second kappa shape index (κ2) is 10.2. The van der Waals surface area contributed by atoms with E-state index in [1.54, 1.807) is 48.5 Å². The Balaban J connectivity index is 0.00000304. The number of rotatable bonds is 6. The van der Waals surface area contributed by atoms with E-state index in [0.717, 1.165) is 0 Å². The lowest BCUT2D eigenvalue weighted by Crippen LogP contribution is -2.04. The number of benzene rings is 3. The standard InChI is InChI=1S/C24H15F4N5O2.ClH/c25-16-3-1-2-14(10-16)12-34-18-7-5-17(6-8-18)31-21-19-11-15(4-9-20(19)29-13-30-21)22-32-33-23(35-22)24(26,27)28;/h1-11,13H,12H2,(H,29,30,31);1H. The van der Waals surface area contributed by atoms with Crippen molar-refractivity contribution in [3.63, 3.8) is 0 Å². The van der Waals surface area contributed by atoms with Gasteiger partial charge in [-0.1, -0.05) is 12.1 Å². The monoisotopic (exact) mass is 517 g/mol. The highest BCUT2D eigenvalue weighted by Crippen LogP contribution is 2.32. The quantitative estimate of drug-likeness (QED) is 0.254. The van der Waals surface area contributed by atoms with Crippen LogP contribution in [0.15, 0.2) is 77.5 Å². The van der Waals surface area contributed by atoms with Crippen molar-refractivity contribution in [1.29, 1.82) is 0 Å². The van der Waals surface area contributed by atoms with Gasteiger partial charge in [-0.25, -0.2) is 14.4 Å². The van der Waals surface area contributed by atoms with E-state index < -0.39 is 12.1 Å². The first kappa shape index (κ1) is 24.9. The van der Waals surface area contributed by atoms with Crippen LogP contribution in [0.3, 0.4) is 0 Å². The van der Waals surface area contributed by atoms with Crippen molar-refractivity contribution in [2.75, 3.05) is 5.32 Å². The molecule has 2 aromatic heterocycles. The normalized spacial score (nSPS) is 11.2. The molecule has 0 fully saturated rings. The number of anilines is 2. The van der Waals surface area contributed by atoms with Crippen LogP contribution in [0, 0.1) is 5.82 Å². The van der Waals surface area contributed by atoms with Gasteiger partial charge in [0.05, 0.1) is 5.52 Å². The van der Waals surface area contributed by atoms with Gasteiger partial charge in [0.25, 0.3) is 0 Å². The molecule has 12 heteroatoms. The first-order valence-electron chi connectivity index (χ1n) is 10.3. The van der Waals surface area contributed by atoms with E-state index in [-0.39, 0.29) is 30.7 Å². The number of aromatic nitrogens is 4. The minimum absolute atomic E-state index is 0. The molecule has 0 aliphatic heterocycles. The Morgan fingerprint density at radius 2 is 1.72 bits per heavy atom. The Kier molecular flexibility index (Phi) is 7.02. The predicted molar refractivity (Wildman–Crippen MR) is 126 cm³/mol. The molecule has 0 unspecified atom stereocenters. The van der Waals surface area contributed by atoms with Gasteiger partial charge in [0, 0.05) is 16.6 Å². The molecule has 0 aliphatic carbocycles. The number of hydrogen-bond donors (Lipinski definition) is 1. The van der Waals surface area contributed by atoms with E-state index in [9.17, 15) is 17.6 Å². The van der Waals surface area contributed by atoms with E-state index >= 15 is 0 Å². The van der Waals surface area contributed by atoms with Gasteiger partial charge in [-0.15, -0.1) is 22.6 Å². The fourth-order valence-corrected chi connectivity index (χ4v) is 3.31. The van der Waals surface area contributed by atoms with E-state index in [1.165, 1.54) is 24.5 Å². The number of nitrogens with one attached hydrogen (secondary N) is 1. The van der Waals surface area contributed by atoms with Crippen LogP contribution in [0.4, 0.5) is 29.1 Å². The second-order valence-corrected chi connectivity index (χ2v) is 7.43. The summed E-state index contributed by atoms with van der Waals surface area (Å²) in [6.45, 7) is 0.218. The van der Waals surface area contributed by atoms with E-state index in [0.29, 0.717) is 39.3 Å². The van der Waals surface area contributed by atoms with Gasteiger partial charge in [-0.2, -0.15) is 13.2 Å². The lowest BCUT2D eigenvalue weighted by molar-refractivity contribution is -0.156. The van der Waals surface area contributed by atoms with E-state index in [1.807, 2.05) is 0 Å². The van der Waals surface area contributed by atoms with Crippen LogP contribution in [0.2, 0.25) is 0 Å². The van der Waals surface area contributed by atoms with E-state index in [2.05, 4.69) is 25.5 Å². The van der Waals surface area contributed by atoms with Crippen molar-refractivity contribution in [3.05, 3.63) is 90.3 Å². The Labute approximate surface area is 207 Å². The summed E-state index contributed by atoms with van der Waals surface area (Å²) in [4.78, 5) is 8.44. The fourth-order valence-electron chi connectivity index (χ4n) is 3.31. The zero-order valence-corrected chi connectivity index (χ0v) is 19.0. The summed E-state index contributed by atoms with van der Waals surface area (Å²) in [5, 5.41) is 10.3. The van der Waals surface area contributed by atoms with Gasteiger partial charge in [0.15, 0.2) is 0 Å². The Hall–Kier alpha value is -4.25. The van der Waals surface area contributed by atoms with Crippen molar-refractivity contribution in [2.45, 2.75) is 12.8 Å². The molecule has 0 atom stereocenters. The van der Waals surface area contributed by atoms with Gasteiger partial charge < -0.3 is 14.5 Å². The number of alkyl halides is 3. The molecular formula is C24H16ClF4N5O2. The molecule has 0 aliphatic rings. The van der Waals surface area contributed by atoms with Crippen LogP contribution < -0.4 is 10.1 Å². The maximum atomic E-state index is 13.3. The molecule has 1 N–H and O–H groups in total. The summed E-state index contributed by atoms with van der Waals surface area (Å²) in [6.07, 6.45) is -3.36. The zero-order chi connectivity index (χ0) is 24.4. The van der Waals surface area contributed by atoms with Gasteiger partial charge in [0.2, 0.25) is 5.89 Å². The Morgan fingerprint density at radius 1 is 0.917 bits per heavy atom. The van der Waals surface area contributed by atoms with Crippen LogP contribution >= 0.6 is 12.4 Å². The van der Waals surface area contributed by atoms with Crippen molar-refractivity contribution in [3.8, 4) is 17.2 Å². The van der Waals surface area contributed by atoms with Crippen LogP contribution in [-0.2, 0) is 12.8 Å². The SMILES string of the molecule is Cl.Fc1cccc(COc2ccc(Nc3ncnc4ccc(-c5nnc(C(F)(F)F)o5)cc34)cc2)c1. The number of nitrogens with zero attached hydrogens (tertiary/aromatic N) is 4. The van der Waals surface area contributed by atoms with Crippen LogP contribution in [-0.4, -0.2) is 20.2 Å². The van der Waals surface area contributed by atoms with Gasteiger partial charge >= 0.3 is 12.1 Å².